The van der Waals surface area contributed by atoms with Crippen LogP contribution in [0.2, 0.25) is 0 Å². The summed E-state index contributed by atoms with van der Waals surface area (Å²) in [6.07, 6.45) is 3.20. The molecule has 0 saturated heterocycles. The van der Waals surface area contributed by atoms with Crippen molar-refractivity contribution in [1.29, 1.82) is 0 Å². The number of carbonyl (C=O) groups excluding carboxylic acids is 1. The van der Waals surface area contributed by atoms with Crippen molar-refractivity contribution in [2.75, 3.05) is 12.8 Å². The molecule has 0 spiro atoms. The summed E-state index contributed by atoms with van der Waals surface area (Å²) in [5, 5.41) is 31.2. The molecule has 5 aromatic rings. The summed E-state index contributed by atoms with van der Waals surface area (Å²) in [5.41, 5.74) is 10.1. The van der Waals surface area contributed by atoms with Crippen LogP contribution in [0.15, 0.2) is 81.6 Å². The molecule has 0 atom stereocenters. The molecule has 206 valence electrons. The Kier molecular flexibility index (Phi) is 7.91. The van der Waals surface area contributed by atoms with E-state index in [0.29, 0.717) is 22.6 Å². The molecular formula is C25H20N10O5S. The lowest BCUT2D eigenvalue weighted by molar-refractivity contribution is -0.384. The Labute approximate surface area is 235 Å². The van der Waals surface area contributed by atoms with Gasteiger partial charge in [0.05, 0.1) is 23.3 Å². The molecule has 0 aliphatic carbocycles. The van der Waals surface area contributed by atoms with E-state index in [-0.39, 0.29) is 28.7 Å². The number of amides is 1. The maximum atomic E-state index is 13.1. The van der Waals surface area contributed by atoms with E-state index < -0.39 is 10.8 Å². The summed E-state index contributed by atoms with van der Waals surface area (Å²) in [5.74, 6) is 0.508. The standard InChI is InChI=1S/C25H20N10O5S/c1-39-19-10-5-15(12-17(19)14-41-20-4-2-3-11-27-20)13-28-30-25(36)21-22(16-6-8-18(9-7-16)35(37)38)34(33-29-21)24-23(26)31-40-32-24/h2-13H,14H2,1H3,(H2,26,31)(H,30,36). The van der Waals surface area contributed by atoms with Crippen molar-refractivity contribution in [3.63, 3.8) is 0 Å². The topological polar surface area (TPSA) is 202 Å². The predicted octanol–water partition coefficient (Wildman–Crippen LogP) is 3.27. The van der Waals surface area contributed by atoms with E-state index in [4.69, 9.17) is 10.5 Å². The maximum absolute atomic E-state index is 13.1. The second-order valence-corrected chi connectivity index (χ2v) is 9.20. The van der Waals surface area contributed by atoms with Gasteiger partial charge < -0.3 is 10.5 Å². The highest BCUT2D eigenvalue weighted by Gasteiger charge is 2.25. The average Bonchev–Trinajstić information content (AvgIpc) is 3.62. The van der Waals surface area contributed by atoms with Gasteiger partial charge >= 0.3 is 0 Å². The van der Waals surface area contributed by atoms with Gasteiger partial charge in [-0.25, -0.2) is 15.0 Å². The zero-order chi connectivity index (χ0) is 28.8. The minimum Gasteiger partial charge on any atom is -0.496 e. The number of hydrogen-bond donors (Lipinski definition) is 2. The van der Waals surface area contributed by atoms with Crippen LogP contribution in [0.25, 0.3) is 17.1 Å². The van der Waals surface area contributed by atoms with E-state index in [0.717, 1.165) is 15.3 Å². The first-order valence-corrected chi connectivity index (χ1v) is 12.8. The predicted molar refractivity (Wildman–Crippen MR) is 148 cm³/mol. The van der Waals surface area contributed by atoms with Crippen LogP contribution in [-0.2, 0) is 5.75 Å². The van der Waals surface area contributed by atoms with Gasteiger partial charge in [0.2, 0.25) is 11.6 Å². The van der Waals surface area contributed by atoms with E-state index in [9.17, 15) is 14.9 Å². The number of nitrogens with two attached hydrogens (primary N) is 1. The molecule has 16 heteroatoms. The Bertz CT molecular complexity index is 1720. The van der Waals surface area contributed by atoms with Crippen LogP contribution >= 0.6 is 11.8 Å². The molecule has 15 nitrogen and oxygen atoms in total. The van der Waals surface area contributed by atoms with E-state index in [1.54, 1.807) is 31.1 Å². The van der Waals surface area contributed by atoms with Gasteiger partial charge in [0.1, 0.15) is 11.4 Å². The Hall–Kier alpha value is -5.64. The minimum atomic E-state index is -0.699. The monoisotopic (exact) mass is 572 g/mol. The molecular weight excluding hydrogens is 552 g/mol. The van der Waals surface area contributed by atoms with Crippen molar-refractivity contribution in [1.82, 2.24) is 35.7 Å². The van der Waals surface area contributed by atoms with Crippen LogP contribution in [0.5, 0.6) is 5.75 Å². The van der Waals surface area contributed by atoms with Gasteiger partial charge in [-0.05, 0) is 58.3 Å². The smallest absolute Gasteiger partial charge is 0.294 e. The highest BCUT2D eigenvalue weighted by molar-refractivity contribution is 7.98. The van der Waals surface area contributed by atoms with Gasteiger partial charge in [-0.2, -0.15) is 9.78 Å². The minimum absolute atomic E-state index is 0.0114. The molecule has 1 amide bonds. The quantitative estimate of drug-likeness (QED) is 0.107. The summed E-state index contributed by atoms with van der Waals surface area (Å²) in [4.78, 5) is 28.0. The fourth-order valence-corrected chi connectivity index (χ4v) is 4.55. The number of nitrogens with one attached hydrogen (secondary N) is 1. The van der Waals surface area contributed by atoms with Gasteiger partial charge in [0.15, 0.2) is 5.69 Å². The lowest BCUT2D eigenvalue weighted by atomic mass is 10.1. The summed E-state index contributed by atoms with van der Waals surface area (Å²) in [7, 11) is 1.59. The van der Waals surface area contributed by atoms with Crippen molar-refractivity contribution in [2.45, 2.75) is 10.8 Å². The molecule has 0 bridgehead atoms. The highest BCUT2D eigenvalue weighted by Crippen LogP contribution is 2.29. The Morgan fingerprint density at radius 3 is 2.73 bits per heavy atom. The Morgan fingerprint density at radius 2 is 2.05 bits per heavy atom. The molecule has 3 heterocycles. The van der Waals surface area contributed by atoms with Gasteiger partial charge in [0.25, 0.3) is 11.6 Å². The SMILES string of the molecule is COc1ccc(C=NNC(=O)c2nnn(-c3nonc3N)c2-c2ccc([N+](=O)[O-])cc2)cc1CSc1ccccn1. The van der Waals surface area contributed by atoms with Crippen LogP contribution < -0.4 is 15.9 Å². The van der Waals surface area contributed by atoms with Crippen molar-refractivity contribution in [2.24, 2.45) is 5.10 Å². The van der Waals surface area contributed by atoms with Gasteiger partial charge in [0, 0.05) is 35.2 Å². The first-order valence-electron chi connectivity index (χ1n) is 11.8. The molecule has 0 unspecified atom stereocenters. The molecule has 41 heavy (non-hydrogen) atoms. The maximum Gasteiger partial charge on any atom is 0.294 e. The number of nitrogens with zero attached hydrogens (tertiary/aromatic N) is 8. The van der Waals surface area contributed by atoms with Crippen LogP contribution in [0.1, 0.15) is 21.6 Å². The third-order valence-electron chi connectivity index (χ3n) is 5.63. The second-order valence-electron chi connectivity index (χ2n) is 8.20. The van der Waals surface area contributed by atoms with Gasteiger partial charge in [-0.1, -0.05) is 11.3 Å². The number of nitro benzene ring substituents is 1. The number of benzene rings is 2. The number of nitro groups is 1. The normalized spacial score (nSPS) is 11.0. The summed E-state index contributed by atoms with van der Waals surface area (Å²) < 4.78 is 11.3. The lowest BCUT2D eigenvalue weighted by Crippen LogP contribution is -2.19. The molecule has 0 saturated carbocycles. The highest BCUT2D eigenvalue weighted by atomic mass is 32.2. The number of nitrogen functional groups attached to an aromatic ring is 1. The molecule has 3 aromatic heterocycles. The van der Waals surface area contributed by atoms with Crippen molar-refractivity contribution < 1.29 is 19.1 Å². The number of anilines is 1. The van der Waals surface area contributed by atoms with Crippen LogP contribution in [0, 0.1) is 10.1 Å². The largest absolute Gasteiger partial charge is 0.496 e. The fourth-order valence-electron chi connectivity index (χ4n) is 3.72. The summed E-state index contributed by atoms with van der Waals surface area (Å²) >= 11 is 1.56. The lowest BCUT2D eigenvalue weighted by Gasteiger charge is -2.09. The van der Waals surface area contributed by atoms with Crippen molar-refractivity contribution in [3.8, 4) is 22.8 Å². The van der Waals surface area contributed by atoms with Crippen LogP contribution in [0.3, 0.4) is 0 Å². The Balaban J connectivity index is 1.38. The summed E-state index contributed by atoms with van der Waals surface area (Å²) in [6, 6.07) is 16.6. The van der Waals surface area contributed by atoms with E-state index in [2.05, 4.69) is 40.8 Å². The molecule has 0 fully saturated rings. The molecule has 0 radical (unpaired) electrons. The number of aromatic nitrogens is 6. The van der Waals surface area contributed by atoms with Crippen LogP contribution in [-0.4, -0.2) is 54.4 Å². The number of hydrogen-bond acceptors (Lipinski definition) is 13. The number of non-ortho nitro benzene ring substituents is 1. The molecule has 0 aliphatic rings. The first-order chi connectivity index (χ1) is 19.9. The van der Waals surface area contributed by atoms with Crippen molar-refractivity contribution >= 4 is 35.4 Å². The zero-order valence-corrected chi connectivity index (χ0v) is 22.1. The second kappa shape index (κ2) is 12.0. The number of thioether (sulfide) groups is 1. The molecule has 5 rings (SSSR count). The van der Waals surface area contributed by atoms with Crippen molar-refractivity contribution in [3.05, 3.63) is 93.8 Å². The van der Waals surface area contributed by atoms with E-state index in [1.807, 2.05) is 30.3 Å². The van der Waals surface area contributed by atoms with E-state index >= 15 is 0 Å². The van der Waals surface area contributed by atoms with Crippen LogP contribution in [0.4, 0.5) is 11.5 Å². The van der Waals surface area contributed by atoms with Gasteiger partial charge in [-0.15, -0.1) is 16.9 Å². The third kappa shape index (κ3) is 6.01. The first kappa shape index (κ1) is 26.9. The number of pyridine rings is 1. The number of rotatable bonds is 10. The third-order valence-corrected chi connectivity index (χ3v) is 6.62. The fraction of sp³-hybridized carbons (Fsp3) is 0.0800. The molecule has 2 aromatic carbocycles. The Morgan fingerprint density at radius 1 is 1.22 bits per heavy atom. The molecule has 3 N–H and O–H groups in total. The van der Waals surface area contributed by atoms with E-state index in [1.165, 1.54) is 30.5 Å². The number of ether oxygens (including phenoxy) is 1. The number of methoxy groups -OCH3 is 1. The average molecular weight is 573 g/mol. The molecule has 0 aliphatic heterocycles. The summed E-state index contributed by atoms with van der Waals surface area (Å²) in [6.45, 7) is 0. The van der Waals surface area contributed by atoms with Gasteiger partial charge in [-0.3, -0.25) is 14.9 Å². The number of carbonyl (C=O) groups is 1. The number of hydrazone groups is 1. The zero-order valence-electron chi connectivity index (χ0n) is 21.2.